The molecule has 0 aliphatic heterocycles. The first-order valence-corrected chi connectivity index (χ1v) is 2.78. The van der Waals surface area contributed by atoms with Gasteiger partial charge in [0.1, 0.15) is 13.3 Å². The molecule has 0 heterocycles. The first-order chi connectivity index (χ1) is 4.77. The molecule has 0 radical (unpaired) electrons. The standard InChI is InChI=1S/C7H9FO2/c1-7(2)3-5-9-10-6-4-8/h1,4,6H2,2H3. The van der Waals surface area contributed by atoms with E-state index < -0.39 is 6.67 Å². The van der Waals surface area contributed by atoms with E-state index in [4.69, 9.17) is 0 Å². The minimum absolute atomic E-state index is 0.0924. The molecule has 0 N–H and O–H groups in total. The summed E-state index contributed by atoms with van der Waals surface area (Å²) < 4.78 is 11.3. The smallest absolute Gasteiger partial charge is 0.162 e. The van der Waals surface area contributed by atoms with E-state index >= 15 is 0 Å². The fourth-order valence-electron chi connectivity index (χ4n) is 0.211. The van der Waals surface area contributed by atoms with Gasteiger partial charge in [-0.25, -0.2) is 4.39 Å². The Morgan fingerprint density at radius 3 is 2.90 bits per heavy atom. The molecule has 0 saturated heterocycles. The Labute approximate surface area is 59.6 Å². The summed E-state index contributed by atoms with van der Waals surface area (Å²) in [6, 6.07) is 0. The van der Waals surface area contributed by atoms with Gasteiger partial charge in [0.2, 0.25) is 0 Å². The summed E-state index contributed by atoms with van der Waals surface area (Å²) in [5, 5.41) is 0. The summed E-state index contributed by atoms with van der Waals surface area (Å²) in [7, 11) is 0. The van der Waals surface area contributed by atoms with Gasteiger partial charge in [0, 0.05) is 0 Å². The summed E-state index contributed by atoms with van der Waals surface area (Å²) >= 11 is 0. The molecular weight excluding hydrogens is 135 g/mol. The number of alkyl halides is 1. The van der Waals surface area contributed by atoms with E-state index in [1.54, 1.807) is 6.92 Å². The third-order valence-electron chi connectivity index (χ3n) is 0.525. The molecule has 0 amide bonds. The molecule has 10 heavy (non-hydrogen) atoms. The highest BCUT2D eigenvalue weighted by molar-refractivity contribution is 5.20. The molecular formula is C7H9FO2. The van der Waals surface area contributed by atoms with Crippen molar-refractivity contribution in [1.29, 1.82) is 0 Å². The van der Waals surface area contributed by atoms with Crippen LogP contribution < -0.4 is 0 Å². The Morgan fingerprint density at radius 2 is 2.40 bits per heavy atom. The minimum atomic E-state index is -0.575. The zero-order valence-electron chi connectivity index (χ0n) is 5.82. The van der Waals surface area contributed by atoms with E-state index in [1.165, 1.54) is 0 Å². The topological polar surface area (TPSA) is 18.5 Å². The Morgan fingerprint density at radius 1 is 1.70 bits per heavy atom. The average molecular weight is 144 g/mol. The van der Waals surface area contributed by atoms with E-state index in [2.05, 4.69) is 28.4 Å². The van der Waals surface area contributed by atoms with E-state index in [0.29, 0.717) is 5.57 Å². The van der Waals surface area contributed by atoms with E-state index in [9.17, 15) is 4.39 Å². The van der Waals surface area contributed by atoms with Gasteiger partial charge in [-0.15, -0.1) is 0 Å². The molecule has 0 aromatic heterocycles. The van der Waals surface area contributed by atoms with Crippen LogP contribution in [0, 0.1) is 12.0 Å². The number of hydrogen-bond acceptors (Lipinski definition) is 2. The van der Waals surface area contributed by atoms with E-state index in [-0.39, 0.29) is 6.61 Å². The van der Waals surface area contributed by atoms with Crippen LogP contribution in [0.15, 0.2) is 12.2 Å². The van der Waals surface area contributed by atoms with Crippen LogP contribution in [0.3, 0.4) is 0 Å². The fourth-order valence-corrected chi connectivity index (χ4v) is 0.211. The third-order valence-corrected chi connectivity index (χ3v) is 0.525. The van der Waals surface area contributed by atoms with Crippen molar-refractivity contribution < 1.29 is 14.2 Å². The number of hydrogen-bond donors (Lipinski definition) is 0. The highest BCUT2D eigenvalue weighted by Crippen LogP contribution is 1.81. The second-order valence-electron chi connectivity index (χ2n) is 1.60. The van der Waals surface area contributed by atoms with Gasteiger partial charge in [-0.3, -0.25) is 4.89 Å². The van der Waals surface area contributed by atoms with Crippen LogP contribution in [0.2, 0.25) is 0 Å². The van der Waals surface area contributed by atoms with Gasteiger partial charge in [-0.1, -0.05) is 6.58 Å². The molecule has 0 aromatic carbocycles. The fraction of sp³-hybridized carbons (Fsp3) is 0.429. The first kappa shape index (κ1) is 8.99. The summed E-state index contributed by atoms with van der Waals surface area (Å²) in [6.07, 6.45) is 2.18. The maximum absolute atomic E-state index is 11.3. The Balaban J connectivity index is 3.20. The molecule has 0 aliphatic rings. The third kappa shape index (κ3) is 6.99. The number of halogens is 1. The normalized spacial score (nSPS) is 7.80. The lowest BCUT2D eigenvalue weighted by molar-refractivity contribution is -0.237. The van der Waals surface area contributed by atoms with Gasteiger partial charge in [0.15, 0.2) is 6.11 Å². The molecule has 0 rings (SSSR count). The zero-order valence-corrected chi connectivity index (χ0v) is 5.82. The lowest BCUT2D eigenvalue weighted by Crippen LogP contribution is -1.92. The number of rotatable bonds is 3. The molecule has 0 bridgehead atoms. The molecule has 0 atom stereocenters. The highest BCUT2D eigenvalue weighted by atomic mass is 19.1. The summed E-state index contributed by atoms with van der Waals surface area (Å²) in [6.45, 7) is 4.55. The molecule has 0 unspecified atom stereocenters. The van der Waals surface area contributed by atoms with Gasteiger partial charge in [0.25, 0.3) is 0 Å². The number of allylic oxidation sites excluding steroid dienone is 1. The van der Waals surface area contributed by atoms with Crippen molar-refractivity contribution in [2.24, 2.45) is 0 Å². The van der Waals surface area contributed by atoms with Crippen LogP contribution >= 0.6 is 0 Å². The van der Waals surface area contributed by atoms with Crippen molar-refractivity contribution in [3.05, 3.63) is 12.2 Å². The predicted octanol–water partition coefficient (Wildman–Crippen LogP) is 1.44. The molecule has 0 fully saturated rings. The zero-order chi connectivity index (χ0) is 7.82. The van der Waals surface area contributed by atoms with Crippen molar-refractivity contribution >= 4 is 0 Å². The van der Waals surface area contributed by atoms with Crippen LogP contribution in [-0.2, 0) is 9.78 Å². The lowest BCUT2D eigenvalue weighted by atomic mass is 10.4. The quantitative estimate of drug-likeness (QED) is 0.258. The first-order valence-electron chi connectivity index (χ1n) is 2.78. The molecule has 3 heteroatoms. The van der Waals surface area contributed by atoms with Crippen molar-refractivity contribution in [3.63, 3.8) is 0 Å². The summed E-state index contributed by atoms with van der Waals surface area (Å²) in [5.74, 6) is 2.49. The molecule has 2 nitrogen and oxygen atoms in total. The van der Waals surface area contributed by atoms with Crippen molar-refractivity contribution in [2.45, 2.75) is 6.92 Å². The van der Waals surface area contributed by atoms with Crippen LogP contribution in [0.4, 0.5) is 4.39 Å². The Bertz CT molecular complexity index is 155. The SMILES string of the molecule is C=C(C)C#COOCCF. The van der Waals surface area contributed by atoms with Gasteiger partial charge in [0.05, 0.1) is 0 Å². The van der Waals surface area contributed by atoms with E-state index in [0.717, 1.165) is 0 Å². The van der Waals surface area contributed by atoms with E-state index in [1.807, 2.05) is 0 Å². The molecule has 0 spiro atoms. The van der Waals surface area contributed by atoms with Gasteiger partial charge in [-0.05, 0) is 18.4 Å². The second-order valence-corrected chi connectivity index (χ2v) is 1.60. The highest BCUT2D eigenvalue weighted by Gasteiger charge is 1.81. The van der Waals surface area contributed by atoms with Crippen LogP contribution in [-0.4, -0.2) is 13.3 Å². The predicted molar refractivity (Wildman–Crippen MR) is 35.6 cm³/mol. The maximum atomic E-state index is 11.3. The maximum Gasteiger partial charge on any atom is 0.162 e. The van der Waals surface area contributed by atoms with Crippen LogP contribution in [0.1, 0.15) is 6.92 Å². The molecule has 0 aromatic rings. The van der Waals surface area contributed by atoms with Gasteiger partial charge >= 0.3 is 0 Å². The lowest BCUT2D eigenvalue weighted by Gasteiger charge is -1.90. The molecule has 0 saturated carbocycles. The average Bonchev–Trinajstić information content (AvgIpc) is 1.87. The van der Waals surface area contributed by atoms with Crippen molar-refractivity contribution in [2.75, 3.05) is 13.3 Å². The minimum Gasteiger partial charge on any atom is -0.282 e. The molecule has 0 aliphatic carbocycles. The van der Waals surface area contributed by atoms with Gasteiger partial charge in [-0.2, -0.15) is 4.89 Å². The Kier molecular flexibility index (Phi) is 5.50. The van der Waals surface area contributed by atoms with Gasteiger partial charge < -0.3 is 0 Å². The monoisotopic (exact) mass is 144 g/mol. The van der Waals surface area contributed by atoms with Crippen molar-refractivity contribution in [1.82, 2.24) is 0 Å². The second kappa shape index (κ2) is 6.12. The van der Waals surface area contributed by atoms with Crippen molar-refractivity contribution in [3.8, 4) is 12.0 Å². The van der Waals surface area contributed by atoms with Crippen LogP contribution in [0.5, 0.6) is 0 Å². The van der Waals surface area contributed by atoms with Crippen LogP contribution in [0.25, 0.3) is 0 Å². The summed E-state index contributed by atoms with van der Waals surface area (Å²) in [4.78, 5) is 8.47. The Hall–Kier alpha value is -1.01. The molecule has 56 valence electrons. The largest absolute Gasteiger partial charge is 0.282 e. The summed E-state index contributed by atoms with van der Waals surface area (Å²) in [5.41, 5.74) is 0.670.